The normalized spacial score (nSPS) is 14.1. The third kappa shape index (κ3) is 16.6. The van der Waals surface area contributed by atoms with Crippen LogP contribution in [0.15, 0.2) is 119 Å². The zero-order valence-electron chi connectivity index (χ0n) is 41.1. The van der Waals surface area contributed by atoms with Crippen LogP contribution >= 0.6 is 11.6 Å². The van der Waals surface area contributed by atoms with Crippen LogP contribution < -0.4 is 41.0 Å². The molecule has 0 radical (unpaired) electrons. The first-order valence-electron chi connectivity index (χ1n) is 22.8. The molecule has 8 rings (SSSR count). The van der Waals surface area contributed by atoms with E-state index < -0.39 is 43.2 Å². The fourth-order valence-corrected chi connectivity index (χ4v) is 9.06. The summed E-state index contributed by atoms with van der Waals surface area (Å²) in [6, 6.07) is 25.7. The van der Waals surface area contributed by atoms with E-state index in [0.717, 1.165) is 81.3 Å². The first-order chi connectivity index (χ1) is 35.4. The molecule has 2 aliphatic rings. The van der Waals surface area contributed by atoms with Crippen LogP contribution in [0.25, 0.3) is 0 Å². The molecule has 0 spiro atoms. The van der Waals surface area contributed by atoms with Crippen LogP contribution in [-0.2, 0) is 54.6 Å². The zero-order chi connectivity index (χ0) is 54.6. The number of nitrogens with two attached hydrogens (primary N) is 1. The summed E-state index contributed by atoms with van der Waals surface area (Å²) in [6.45, 7) is 6.16. The van der Waals surface area contributed by atoms with Crippen LogP contribution in [-0.4, -0.2) is 106 Å². The maximum absolute atomic E-state index is 13.7. The topological polar surface area (TPSA) is 200 Å². The molecule has 75 heavy (non-hydrogen) atoms. The van der Waals surface area contributed by atoms with E-state index in [0.29, 0.717) is 47.7 Å². The van der Waals surface area contributed by atoms with E-state index in [4.69, 9.17) is 36.3 Å². The van der Waals surface area contributed by atoms with Gasteiger partial charge < -0.3 is 50.4 Å². The number of ether oxygens (including phenoxy) is 4. The minimum Gasteiger partial charge on any atom is -0.495 e. The summed E-state index contributed by atoms with van der Waals surface area (Å²) >= 11 is 5.64. The van der Waals surface area contributed by atoms with Gasteiger partial charge in [0.15, 0.2) is 19.7 Å². The number of morpholine rings is 2. The highest BCUT2D eigenvalue weighted by Gasteiger charge is 2.35. The lowest BCUT2D eigenvalue weighted by Gasteiger charge is -2.29. The fraction of sp³-hybridized carbons (Fsp3) is 0.320. The van der Waals surface area contributed by atoms with Crippen molar-refractivity contribution in [2.75, 3.05) is 111 Å². The Kier molecular flexibility index (Phi) is 19.3. The monoisotopic (exact) mass is 1110 g/mol. The lowest BCUT2D eigenvalue weighted by Crippen LogP contribution is -2.36. The number of halogens is 7. The molecule has 5 N–H and O–H groups in total. The second kappa shape index (κ2) is 25.2. The molecule has 6 aromatic rings. The highest BCUT2D eigenvalue weighted by Crippen LogP contribution is 2.39. The van der Waals surface area contributed by atoms with Crippen molar-refractivity contribution >= 4 is 71.2 Å². The van der Waals surface area contributed by atoms with Gasteiger partial charge in [0.1, 0.15) is 22.5 Å². The van der Waals surface area contributed by atoms with Crippen molar-refractivity contribution in [2.45, 2.75) is 35.2 Å². The summed E-state index contributed by atoms with van der Waals surface area (Å²) in [4.78, 5) is 12.0. The highest BCUT2D eigenvalue weighted by atomic mass is 35.5. The van der Waals surface area contributed by atoms with Crippen molar-refractivity contribution in [1.29, 1.82) is 0 Å². The summed E-state index contributed by atoms with van der Waals surface area (Å²) in [7, 11) is -3.68. The Hall–Kier alpha value is -6.73. The van der Waals surface area contributed by atoms with Crippen LogP contribution in [0.3, 0.4) is 0 Å². The number of nitrogens with one attached hydrogen (secondary N) is 3. The van der Waals surface area contributed by atoms with Gasteiger partial charge in [-0.3, -0.25) is 0 Å². The second-order valence-electron chi connectivity index (χ2n) is 16.8. The first kappa shape index (κ1) is 57.5. The van der Waals surface area contributed by atoms with Gasteiger partial charge in [0, 0.05) is 93.7 Å². The van der Waals surface area contributed by atoms with E-state index in [-0.39, 0.29) is 45.2 Å². The van der Waals surface area contributed by atoms with Gasteiger partial charge in [0.05, 0.1) is 84.3 Å². The predicted molar refractivity (Wildman–Crippen MR) is 277 cm³/mol. The number of hydrogen-bond acceptors (Lipinski definition) is 16. The molecule has 404 valence electrons. The molecule has 25 heteroatoms. The van der Waals surface area contributed by atoms with E-state index >= 15 is 0 Å². The quantitative estimate of drug-likeness (QED) is 0.0456. The number of sulfone groups is 2. The Balaban J connectivity index is 0.000000204. The van der Waals surface area contributed by atoms with Gasteiger partial charge >= 0.3 is 12.4 Å². The molecule has 0 amide bonds. The van der Waals surface area contributed by atoms with E-state index in [1.165, 1.54) is 43.5 Å². The number of pyridine rings is 2. The Morgan fingerprint density at radius 3 is 1.53 bits per heavy atom. The van der Waals surface area contributed by atoms with Gasteiger partial charge in [-0.05, 0) is 65.7 Å². The molecule has 0 aliphatic carbocycles. The van der Waals surface area contributed by atoms with Crippen LogP contribution in [0.2, 0.25) is 5.15 Å². The third-order valence-corrected chi connectivity index (χ3v) is 13.8. The molecule has 2 fully saturated rings. The zero-order valence-corrected chi connectivity index (χ0v) is 43.4. The molecule has 0 saturated carbocycles. The Bertz CT molecular complexity index is 3130. The fourth-order valence-electron chi connectivity index (χ4n) is 7.52. The van der Waals surface area contributed by atoms with Crippen LogP contribution in [0.5, 0.6) is 11.5 Å². The molecule has 0 bridgehead atoms. The molecule has 2 aliphatic heterocycles. The SMILES string of the molecule is COc1cc(N2CCOCC2)ccc1N.COc1cc(N2CCOCC2)ccc1Nc1cc(NCc2cccc(S(C)(=O)=O)c2)c(C(F)(F)F)cn1.CS(=O)(=O)c1cccc(CNc2cc(Cl)ncc2C(F)(F)F)c1. The van der Waals surface area contributed by atoms with Crippen LogP contribution in [0, 0.1) is 0 Å². The van der Waals surface area contributed by atoms with Crippen molar-refractivity contribution in [3.63, 3.8) is 0 Å². The van der Waals surface area contributed by atoms with Gasteiger partial charge in [-0.25, -0.2) is 26.8 Å². The largest absolute Gasteiger partial charge is 0.495 e. The number of nitrogens with zero attached hydrogens (tertiary/aromatic N) is 4. The Morgan fingerprint density at radius 1 is 0.613 bits per heavy atom. The number of benzene rings is 4. The van der Waals surface area contributed by atoms with Gasteiger partial charge in [0.25, 0.3) is 0 Å². The summed E-state index contributed by atoms with van der Waals surface area (Å²) in [5, 5.41) is 8.35. The number of methoxy groups -OCH3 is 2. The lowest BCUT2D eigenvalue weighted by molar-refractivity contribution is -0.138. The highest BCUT2D eigenvalue weighted by molar-refractivity contribution is 7.91. The van der Waals surface area contributed by atoms with E-state index in [1.807, 2.05) is 30.3 Å². The number of aromatic nitrogens is 2. The van der Waals surface area contributed by atoms with Crippen LogP contribution in [0.1, 0.15) is 22.3 Å². The molecule has 0 unspecified atom stereocenters. The summed E-state index contributed by atoms with van der Waals surface area (Å²) < 4.78 is 148. The average molecular weight is 1110 g/mol. The number of nitrogen functional groups attached to an aromatic ring is 1. The van der Waals surface area contributed by atoms with Gasteiger partial charge in [-0.2, -0.15) is 26.3 Å². The third-order valence-electron chi connectivity index (χ3n) is 11.4. The molecule has 2 saturated heterocycles. The van der Waals surface area contributed by atoms with Crippen molar-refractivity contribution < 1.29 is 62.1 Å². The van der Waals surface area contributed by atoms with Gasteiger partial charge in [0.2, 0.25) is 0 Å². The first-order valence-corrected chi connectivity index (χ1v) is 27.0. The molecule has 0 atom stereocenters. The number of alkyl halides is 6. The van der Waals surface area contributed by atoms with Crippen LogP contribution in [0.4, 0.5) is 66.3 Å². The predicted octanol–water partition coefficient (Wildman–Crippen LogP) is 9.59. The van der Waals surface area contributed by atoms with Crippen molar-refractivity contribution in [1.82, 2.24) is 9.97 Å². The summed E-state index contributed by atoms with van der Waals surface area (Å²) in [5.74, 6) is 1.43. The molecule has 2 aromatic heterocycles. The summed E-state index contributed by atoms with van der Waals surface area (Å²) in [6.07, 6.45) is -5.67. The minimum atomic E-state index is -4.64. The smallest absolute Gasteiger partial charge is 0.419 e. The van der Waals surface area contributed by atoms with Crippen molar-refractivity contribution in [2.24, 2.45) is 0 Å². The van der Waals surface area contributed by atoms with Gasteiger partial charge in [-0.1, -0.05) is 35.9 Å². The Labute approximate surface area is 436 Å². The van der Waals surface area contributed by atoms with E-state index in [9.17, 15) is 43.2 Å². The van der Waals surface area contributed by atoms with E-state index in [1.54, 1.807) is 31.4 Å². The average Bonchev–Trinajstić information content (AvgIpc) is 3.37. The van der Waals surface area contributed by atoms with Gasteiger partial charge in [-0.15, -0.1) is 0 Å². The Morgan fingerprint density at radius 2 is 1.07 bits per heavy atom. The molecule has 16 nitrogen and oxygen atoms in total. The number of hydrogen-bond donors (Lipinski definition) is 4. The molecular formula is C50H55ClF6N8O8S2. The molecule has 4 aromatic carbocycles. The standard InChI is InChI=1S/C25H27F3N4O4S.C14H12ClF3N2O2S.C11H16N2O2/c1-35-23-13-18(32-8-10-36-11-9-32)6-7-21(23)31-24-14-22(20(16-30-24)25(26,27)28)29-15-17-4-3-5-19(12-17)37(2,33)34;1-23(21,22)10-4-2-3-9(5-10)7-19-12-6-13(15)20-8-11(12)14(16,17)18;1-14-11-8-9(2-3-10(11)12)13-4-6-15-7-5-13/h3-7,12-14,16H,8-11,15H2,1-2H3,(H2,29,30,31);2-6,8H,7H2,1H3,(H,19,20);2-3,8H,4-7,12H2,1H3. The van der Waals surface area contributed by atoms with E-state index in [2.05, 4.69) is 35.7 Å². The second-order valence-corrected chi connectivity index (χ2v) is 21.3. The van der Waals surface area contributed by atoms with Crippen molar-refractivity contribution in [3.8, 4) is 11.5 Å². The summed E-state index contributed by atoms with van der Waals surface area (Å²) in [5.41, 5.74) is 7.81. The maximum atomic E-state index is 13.7. The molecule has 4 heterocycles. The lowest BCUT2D eigenvalue weighted by atomic mass is 10.2. The van der Waals surface area contributed by atoms with Crippen molar-refractivity contribution in [3.05, 3.63) is 137 Å². The number of rotatable bonds is 14. The molecular weight excluding hydrogens is 1050 g/mol. The minimum absolute atomic E-state index is 0.00673. The maximum Gasteiger partial charge on any atom is 0.419 e. The number of anilines is 7.